The molecule has 1 aliphatic rings. The summed E-state index contributed by atoms with van der Waals surface area (Å²) in [4.78, 5) is -0.639. The van der Waals surface area contributed by atoms with Crippen LogP contribution in [0.2, 0.25) is 0 Å². The first-order valence-corrected chi connectivity index (χ1v) is 7.13. The molecule has 0 atom stereocenters. The van der Waals surface area contributed by atoms with E-state index in [0.717, 1.165) is 12.1 Å². The van der Waals surface area contributed by atoms with Gasteiger partial charge in [-0.05, 0) is 17.4 Å². The van der Waals surface area contributed by atoms with Crippen LogP contribution < -0.4 is 0 Å². The van der Waals surface area contributed by atoms with E-state index < -0.39 is 44.6 Å². The van der Waals surface area contributed by atoms with Gasteiger partial charge < -0.3 is 0 Å². The van der Waals surface area contributed by atoms with Crippen LogP contribution in [-0.4, -0.2) is 38.0 Å². The molecule has 0 radical (unpaired) electrons. The molecule has 128 valence electrons. The third kappa shape index (κ3) is 2.85. The minimum atomic E-state index is -5.93. The molecule has 1 aliphatic heterocycles. The number of halogens is 6. The van der Waals surface area contributed by atoms with Crippen LogP contribution in [0.15, 0.2) is 45.6 Å². The average molecular weight is 363 g/mol. The van der Waals surface area contributed by atoms with Crippen LogP contribution in [0.25, 0.3) is 0 Å². The van der Waals surface area contributed by atoms with Crippen LogP contribution in [0.3, 0.4) is 0 Å². The minimum Gasteiger partial charge on any atom is -0.192 e. The lowest BCUT2D eigenvalue weighted by Crippen LogP contribution is -2.66. The summed E-state index contributed by atoms with van der Waals surface area (Å²) in [6.45, 7) is -1.87. The molecule has 0 bridgehead atoms. The molecule has 0 aromatic heterocycles. The van der Waals surface area contributed by atoms with Crippen molar-refractivity contribution < 1.29 is 39.0 Å². The summed E-state index contributed by atoms with van der Waals surface area (Å²) in [5, 5.41) is 4.14. The second kappa shape index (κ2) is 5.33. The summed E-state index contributed by atoms with van der Waals surface area (Å²) in [6, 6.07) is 5.69. The zero-order valence-corrected chi connectivity index (χ0v) is 11.7. The van der Waals surface area contributed by atoms with Crippen molar-refractivity contribution in [2.45, 2.75) is 22.8 Å². The average Bonchev–Trinajstić information content (AvgIpc) is 2.83. The Balaban J connectivity index is 2.44. The first kappa shape index (κ1) is 17.5. The fourth-order valence-electron chi connectivity index (χ4n) is 1.69. The molecule has 1 aromatic carbocycles. The highest BCUT2D eigenvalue weighted by Crippen LogP contribution is 2.50. The Labute approximate surface area is 125 Å². The van der Waals surface area contributed by atoms with Gasteiger partial charge in [-0.3, -0.25) is 0 Å². The van der Waals surface area contributed by atoms with Crippen molar-refractivity contribution in [1.29, 1.82) is 0 Å². The molecule has 0 spiro atoms. The lowest BCUT2D eigenvalue weighted by atomic mass is 9.99. The van der Waals surface area contributed by atoms with Crippen LogP contribution in [0.1, 0.15) is 0 Å². The van der Waals surface area contributed by atoms with Crippen molar-refractivity contribution >= 4 is 10.1 Å². The van der Waals surface area contributed by atoms with Crippen molar-refractivity contribution in [3.8, 4) is 0 Å². The van der Waals surface area contributed by atoms with Crippen LogP contribution in [-0.2, 0) is 14.4 Å². The third-order valence-corrected chi connectivity index (χ3v) is 4.10. The third-order valence-electron chi connectivity index (χ3n) is 2.91. The number of hydroxylamine groups is 1. The number of hydrogen-bond acceptors (Lipinski definition) is 6. The maximum atomic E-state index is 13.0. The smallest absolute Gasteiger partial charge is 0.192 e. The SMILES string of the molecule is O=S(=O)(ON1N=NCC1(C(F)(F)F)C(F)(F)F)c1ccccc1. The highest BCUT2D eigenvalue weighted by molar-refractivity contribution is 7.86. The van der Waals surface area contributed by atoms with Gasteiger partial charge in [-0.1, -0.05) is 18.2 Å². The van der Waals surface area contributed by atoms with Crippen molar-refractivity contribution in [1.82, 2.24) is 5.17 Å². The molecule has 0 N–H and O–H groups in total. The zero-order chi connectivity index (χ0) is 17.5. The molecule has 0 fully saturated rings. The van der Waals surface area contributed by atoms with Gasteiger partial charge in [0.25, 0.3) is 5.54 Å². The first-order chi connectivity index (χ1) is 10.4. The Morgan fingerprint density at radius 2 is 1.57 bits per heavy atom. The highest BCUT2D eigenvalue weighted by atomic mass is 32.2. The van der Waals surface area contributed by atoms with E-state index in [2.05, 4.69) is 14.6 Å². The summed E-state index contributed by atoms with van der Waals surface area (Å²) in [5.41, 5.74) is -4.68. The van der Waals surface area contributed by atoms with Crippen molar-refractivity contribution in [2.75, 3.05) is 6.54 Å². The van der Waals surface area contributed by atoms with E-state index >= 15 is 0 Å². The van der Waals surface area contributed by atoms with E-state index in [4.69, 9.17) is 0 Å². The normalized spacial score (nSPS) is 18.4. The molecule has 1 heterocycles. The standard InChI is InChI=1S/C10H7F6N3O3S/c11-9(12,13)8(10(14,15)16)6-17-18-19(8)22-23(20,21)7-4-2-1-3-5-7/h1-5H,6H2. The van der Waals surface area contributed by atoms with Crippen molar-refractivity contribution in [3.05, 3.63) is 30.3 Å². The minimum absolute atomic E-state index is 0.639. The lowest BCUT2D eigenvalue weighted by Gasteiger charge is -2.36. The number of nitrogens with zero attached hydrogens (tertiary/aromatic N) is 3. The molecule has 0 saturated heterocycles. The van der Waals surface area contributed by atoms with E-state index in [0.29, 0.717) is 0 Å². The number of hydrogen-bond donors (Lipinski definition) is 0. The predicted molar refractivity (Wildman–Crippen MR) is 61.1 cm³/mol. The summed E-state index contributed by atoms with van der Waals surface area (Å²) >= 11 is 0. The molecular weight excluding hydrogens is 356 g/mol. The van der Waals surface area contributed by atoms with Crippen LogP contribution in [0.5, 0.6) is 0 Å². The molecule has 13 heteroatoms. The van der Waals surface area contributed by atoms with Gasteiger partial charge in [0.1, 0.15) is 6.54 Å². The van der Waals surface area contributed by atoms with Gasteiger partial charge in [-0.2, -0.15) is 39.9 Å². The summed E-state index contributed by atoms with van der Waals surface area (Å²) < 4.78 is 106. The van der Waals surface area contributed by atoms with Crippen LogP contribution in [0, 0.1) is 0 Å². The molecule has 2 rings (SSSR count). The van der Waals surface area contributed by atoms with E-state index in [1.165, 1.54) is 18.2 Å². The molecule has 0 amide bonds. The molecule has 23 heavy (non-hydrogen) atoms. The molecule has 1 aromatic rings. The van der Waals surface area contributed by atoms with Gasteiger partial charge in [0, 0.05) is 0 Å². The zero-order valence-electron chi connectivity index (χ0n) is 10.8. The second-order valence-corrected chi connectivity index (χ2v) is 5.89. The number of alkyl halides is 6. The monoisotopic (exact) mass is 363 g/mol. The van der Waals surface area contributed by atoms with Crippen molar-refractivity contribution in [3.63, 3.8) is 0 Å². The van der Waals surface area contributed by atoms with E-state index in [-0.39, 0.29) is 0 Å². The van der Waals surface area contributed by atoms with Crippen LogP contribution in [0.4, 0.5) is 26.3 Å². The highest BCUT2D eigenvalue weighted by Gasteiger charge is 2.78. The van der Waals surface area contributed by atoms with Crippen LogP contribution >= 0.6 is 0 Å². The largest absolute Gasteiger partial charge is 0.426 e. The number of rotatable bonds is 3. The fourth-order valence-corrected chi connectivity index (χ4v) is 2.61. The second-order valence-electron chi connectivity index (χ2n) is 4.36. The Bertz CT molecular complexity index is 687. The van der Waals surface area contributed by atoms with Gasteiger partial charge in [0.05, 0.1) is 4.90 Å². The number of benzene rings is 1. The molecule has 0 unspecified atom stereocenters. The lowest BCUT2D eigenvalue weighted by molar-refractivity contribution is -0.370. The van der Waals surface area contributed by atoms with Crippen molar-refractivity contribution in [2.24, 2.45) is 10.3 Å². The van der Waals surface area contributed by atoms with Gasteiger partial charge in [0.15, 0.2) is 0 Å². The Morgan fingerprint density at radius 3 is 2.04 bits per heavy atom. The molecule has 6 nitrogen and oxygen atoms in total. The Kier molecular flexibility index (Phi) is 4.05. The Morgan fingerprint density at radius 1 is 1.04 bits per heavy atom. The Hall–Kier alpha value is -1.89. The maximum Gasteiger partial charge on any atom is 0.426 e. The molecule has 0 aliphatic carbocycles. The van der Waals surface area contributed by atoms with E-state index in [9.17, 15) is 34.8 Å². The quantitative estimate of drug-likeness (QED) is 0.775. The van der Waals surface area contributed by atoms with Gasteiger partial charge >= 0.3 is 22.5 Å². The predicted octanol–water partition coefficient (Wildman–Crippen LogP) is 2.85. The van der Waals surface area contributed by atoms with E-state index in [1.54, 1.807) is 0 Å². The fraction of sp³-hybridized carbons (Fsp3) is 0.400. The van der Waals surface area contributed by atoms with Gasteiger partial charge in [-0.15, -0.1) is 9.46 Å². The summed E-state index contributed by atoms with van der Waals surface area (Å²) in [6.07, 6.45) is -11.9. The molecule has 0 saturated carbocycles. The van der Waals surface area contributed by atoms with Gasteiger partial charge in [0.2, 0.25) is 0 Å². The maximum absolute atomic E-state index is 13.0. The molecular formula is C10H7F6N3O3S. The van der Waals surface area contributed by atoms with Gasteiger partial charge in [-0.25, -0.2) is 0 Å². The summed E-state index contributed by atoms with van der Waals surface area (Å²) in [5.74, 6) is 0. The topological polar surface area (TPSA) is 71.3 Å². The summed E-state index contributed by atoms with van der Waals surface area (Å²) in [7, 11) is -4.96. The first-order valence-electron chi connectivity index (χ1n) is 5.72. The van der Waals surface area contributed by atoms with E-state index in [1.807, 2.05) is 0 Å².